The Kier molecular flexibility index (Phi) is 4.12. The molecule has 0 spiro atoms. The average Bonchev–Trinajstić information content (AvgIpc) is 2.46. The number of carbonyl (C=O) groups is 1. The van der Waals surface area contributed by atoms with Gasteiger partial charge in [0, 0.05) is 0 Å². The quantitative estimate of drug-likeness (QED) is 0.812. The zero-order chi connectivity index (χ0) is 13.5. The first-order valence-corrected chi connectivity index (χ1v) is 5.43. The van der Waals surface area contributed by atoms with Crippen molar-refractivity contribution in [2.75, 3.05) is 12.5 Å². The normalized spacial score (nSPS) is 9.53. The Bertz CT molecular complexity index is 548. The molecule has 0 fully saturated rings. The second-order valence-corrected chi connectivity index (χ2v) is 3.40. The number of methoxy groups -OCH3 is 1. The van der Waals surface area contributed by atoms with Crippen LogP contribution in [0.1, 0.15) is 0 Å². The van der Waals surface area contributed by atoms with Crippen LogP contribution >= 0.6 is 0 Å². The lowest BCUT2D eigenvalue weighted by Crippen LogP contribution is -2.32. The molecule has 2 N–H and O–H groups in total. The topological polar surface area (TPSA) is 85.4 Å². The molecule has 98 valence electrons. The third kappa shape index (κ3) is 3.84. The van der Waals surface area contributed by atoms with Crippen molar-refractivity contribution in [3.63, 3.8) is 0 Å². The van der Waals surface area contributed by atoms with Gasteiger partial charge in [0.25, 0.3) is 0 Å². The number of amides is 1. The lowest BCUT2D eigenvalue weighted by atomic mass is 10.3. The number of aromatic nitrogens is 2. The molecule has 2 rings (SSSR count). The molecule has 0 saturated heterocycles. The number of carbonyl (C=O) groups excluding carboxylic acids is 1. The number of ether oxygens (including phenoxy) is 2. The minimum absolute atomic E-state index is 0.336. The molecule has 7 nitrogen and oxygen atoms in total. The third-order valence-electron chi connectivity index (χ3n) is 2.07. The van der Waals surface area contributed by atoms with Crippen molar-refractivity contribution in [2.45, 2.75) is 0 Å². The van der Waals surface area contributed by atoms with Gasteiger partial charge in [0.15, 0.2) is 5.82 Å². The number of anilines is 1. The molecule has 0 aliphatic carbocycles. The molecule has 0 unspecified atom stereocenters. The smallest absolute Gasteiger partial charge is 0.431 e. The van der Waals surface area contributed by atoms with Crippen molar-refractivity contribution in [3.8, 4) is 11.6 Å². The SMILES string of the molecule is COc1cncc(NNC(=O)Oc2ccccc2)n1. The maximum Gasteiger partial charge on any atom is 0.431 e. The van der Waals surface area contributed by atoms with Gasteiger partial charge in [-0.3, -0.25) is 10.4 Å². The highest BCUT2D eigenvalue weighted by Crippen LogP contribution is 2.09. The van der Waals surface area contributed by atoms with Gasteiger partial charge in [-0.1, -0.05) is 18.2 Å². The summed E-state index contributed by atoms with van der Waals surface area (Å²) in [5, 5.41) is 0. The van der Waals surface area contributed by atoms with E-state index in [-0.39, 0.29) is 0 Å². The molecule has 2 aromatic rings. The molecular weight excluding hydrogens is 248 g/mol. The highest BCUT2D eigenvalue weighted by Gasteiger charge is 2.04. The number of hydrogen-bond acceptors (Lipinski definition) is 6. The molecule has 0 atom stereocenters. The number of nitrogens with zero attached hydrogens (tertiary/aromatic N) is 2. The summed E-state index contributed by atoms with van der Waals surface area (Å²) in [7, 11) is 1.48. The van der Waals surface area contributed by atoms with Gasteiger partial charge >= 0.3 is 6.09 Å². The van der Waals surface area contributed by atoms with Crippen LogP contribution in [0.25, 0.3) is 0 Å². The van der Waals surface area contributed by atoms with Crippen LogP contribution in [0, 0.1) is 0 Å². The van der Waals surface area contributed by atoms with Crippen molar-refractivity contribution < 1.29 is 14.3 Å². The van der Waals surface area contributed by atoms with Crippen LogP contribution in [0.15, 0.2) is 42.7 Å². The monoisotopic (exact) mass is 260 g/mol. The number of hydrogen-bond donors (Lipinski definition) is 2. The van der Waals surface area contributed by atoms with Gasteiger partial charge in [0.2, 0.25) is 5.88 Å². The van der Waals surface area contributed by atoms with Gasteiger partial charge in [-0.05, 0) is 12.1 Å². The van der Waals surface area contributed by atoms with E-state index in [2.05, 4.69) is 20.8 Å². The fourth-order valence-electron chi connectivity index (χ4n) is 1.24. The number of para-hydroxylation sites is 1. The minimum atomic E-state index is -0.657. The lowest BCUT2D eigenvalue weighted by Gasteiger charge is -2.08. The van der Waals surface area contributed by atoms with Crippen LogP contribution in [-0.4, -0.2) is 23.2 Å². The Morgan fingerprint density at radius 2 is 2.00 bits per heavy atom. The predicted octanol–water partition coefficient (Wildman–Crippen LogP) is 1.60. The second-order valence-electron chi connectivity index (χ2n) is 3.40. The zero-order valence-electron chi connectivity index (χ0n) is 10.2. The molecule has 0 saturated carbocycles. The molecule has 1 aromatic carbocycles. The van der Waals surface area contributed by atoms with Crippen LogP contribution in [0.4, 0.5) is 10.6 Å². The molecular formula is C12H12N4O3. The molecule has 7 heteroatoms. The van der Waals surface area contributed by atoms with E-state index in [4.69, 9.17) is 9.47 Å². The first-order valence-electron chi connectivity index (χ1n) is 5.43. The summed E-state index contributed by atoms with van der Waals surface area (Å²) in [6.07, 6.45) is 2.23. The Balaban J connectivity index is 1.86. The van der Waals surface area contributed by atoms with Crippen molar-refractivity contribution in [1.82, 2.24) is 15.4 Å². The van der Waals surface area contributed by atoms with E-state index in [1.807, 2.05) is 6.07 Å². The first-order chi connectivity index (χ1) is 9.28. The van der Waals surface area contributed by atoms with Gasteiger partial charge in [0.1, 0.15) is 5.75 Å². The summed E-state index contributed by atoms with van der Waals surface area (Å²) in [4.78, 5) is 19.3. The number of hydrazine groups is 1. The molecule has 1 aromatic heterocycles. The van der Waals surface area contributed by atoms with Gasteiger partial charge in [-0.2, -0.15) is 4.98 Å². The third-order valence-corrected chi connectivity index (χ3v) is 2.07. The number of nitrogens with one attached hydrogen (secondary N) is 2. The Hall–Kier alpha value is -2.83. The summed E-state index contributed by atoms with van der Waals surface area (Å²) < 4.78 is 9.90. The lowest BCUT2D eigenvalue weighted by molar-refractivity contribution is 0.202. The summed E-state index contributed by atoms with van der Waals surface area (Å²) in [5.74, 6) is 1.12. The second kappa shape index (κ2) is 6.20. The Morgan fingerprint density at radius 1 is 1.21 bits per heavy atom. The van der Waals surface area contributed by atoms with Crippen molar-refractivity contribution in [3.05, 3.63) is 42.7 Å². The van der Waals surface area contributed by atoms with Crippen molar-refractivity contribution in [1.29, 1.82) is 0 Å². The zero-order valence-corrected chi connectivity index (χ0v) is 10.2. The highest BCUT2D eigenvalue weighted by molar-refractivity contribution is 5.71. The summed E-state index contributed by atoms with van der Waals surface area (Å²) in [5.41, 5.74) is 4.89. The molecule has 19 heavy (non-hydrogen) atoms. The van der Waals surface area contributed by atoms with Crippen LogP contribution < -0.4 is 20.3 Å². The Morgan fingerprint density at radius 3 is 2.74 bits per heavy atom. The van der Waals surface area contributed by atoms with Gasteiger partial charge in [0.05, 0.1) is 19.5 Å². The van der Waals surface area contributed by atoms with E-state index in [9.17, 15) is 4.79 Å². The number of benzene rings is 1. The largest absolute Gasteiger partial charge is 0.480 e. The molecule has 0 aliphatic rings. The van der Waals surface area contributed by atoms with Gasteiger partial charge in [-0.15, -0.1) is 0 Å². The standard InChI is InChI=1S/C12H12N4O3/c1-18-11-8-13-7-10(14-11)15-16-12(17)19-9-5-3-2-4-6-9/h2-8H,1H3,(H,14,15)(H,16,17). The molecule has 1 amide bonds. The summed E-state index contributed by atoms with van der Waals surface area (Å²) in [6.45, 7) is 0. The molecule has 0 aliphatic heterocycles. The van der Waals surface area contributed by atoms with E-state index in [1.54, 1.807) is 24.3 Å². The van der Waals surface area contributed by atoms with E-state index < -0.39 is 6.09 Å². The Labute approximate surface area is 109 Å². The van der Waals surface area contributed by atoms with Crippen molar-refractivity contribution in [2.24, 2.45) is 0 Å². The fraction of sp³-hybridized carbons (Fsp3) is 0.0833. The van der Waals surface area contributed by atoms with Gasteiger partial charge < -0.3 is 9.47 Å². The van der Waals surface area contributed by atoms with Crippen LogP contribution in [0.2, 0.25) is 0 Å². The van der Waals surface area contributed by atoms with Crippen LogP contribution in [0.3, 0.4) is 0 Å². The van der Waals surface area contributed by atoms with Crippen molar-refractivity contribution >= 4 is 11.9 Å². The van der Waals surface area contributed by atoms with Crippen LogP contribution in [-0.2, 0) is 0 Å². The van der Waals surface area contributed by atoms with E-state index in [0.29, 0.717) is 17.4 Å². The van der Waals surface area contributed by atoms with Gasteiger partial charge in [-0.25, -0.2) is 10.2 Å². The highest BCUT2D eigenvalue weighted by atomic mass is 16.6. The average molecular weight is 260 g/mol. The summed E-state index contributed by atoms with van der Waals surface area (Å²) >= 11 is 0. The van der Waals surface area contributed by atoms with Crippen LogP contribution in [0.5, 0.6) is 11.6 Å². The first kappa shape index (κ1) is 12.6. The number of rotatable bonds is 4. The minimum Gasteiger partial charge on any atom is -0.480 e. The fourth-order valence-corrected chi connectivity index (χ4v) is 1.24. The summed E-state index contributed by atoms with van der Waals surface area (Å²) in [6, 6.07) is 8.71. The maximum atomic E-state index is 11.5. The maximum absolute atomic E-state index is 11.5. The van der Waals surface area contributed by atoms with E-state index >= 15 is 0 Å². The molecule has 1 heterocycles. The van der Waals surface area contributed by atoms with E-state index in [0.717, 1.165) is 0 Å². The molecule has 0 bridgehead atoms. The predicted molar refractivity (Wildman–Crippen MR) is 67.8 cm³/mol. The van der Waals surface area contributed by atoms with E-state index in [1.165, 1.54) is 19.5 Å². The molecule has 0 radical (unpaired) electrons.